The minimum Gasteiger partial charge on any atom is -0.489 e. The third kappa shape index (κ3) is 4.91. The number of benzene rings is 2. The van der Waals surface area contributed by atoms with Crippen LogP contribution in [-0.2, 0) is 6.61 Å². The summed E-state index contributed by atoms with van der Waals surface area (Å²) in [6, 6.07) is 19.1. The lowest BCUT2D eigenvalue weighted by Crippen LogP contribution is -2.21. The molecule has 0 saturated carbocycles. The van der Waals surface area contributed by atoms with E-state index < -0.39 is 0 Å². The van der Waals surface area contributed by atoms with Gasteiger partial charge in [-0.25, -0.2) is 0 Å². The van der Waals surface area contributed by atoms with Crippen molar-refractivity contribution in [1.82, 2.24) is 5.32 Å². The van der Waals surface area contributed by atoms with Crippen LogP contribution >= 0.6 is 0 Å². The lowest BCUT2D eigenvalue weighted by atomic mass is 10.0. The fraction of sp³-hybridized carbons (Fsp3) is 0.368. The molecule has 2 rings (SSSR count). The Kier molecular flexibility index (Phi) is 6.29. The van der Waals surface area contributed by atoms with Crippen LogP contribution in [0, 0.1) is 0 Å². The Morgan fingerprint density at radius 1 is 0.952 bits per heavy atom. The second kappa shape index (κ2) is 8.48. The lowest BCUT2D eigenvalue weighted by molar-refractivity contribution is 0.306. The minimum absolute atomic E-state index is 0.438. The first-order valence-electron chi connectivity index (χ1n) is 7.83. The van der Waals surface area contributed by atoms with Gasteiger partial charge in [0.25, 0.3) is 0 Å². The molecule has 0 aliphatic carbocycles. The Labute approximate surface area is 128 Å². The Balaban J connectivity index is 1.92. The van der Waals surface area contributed by atoms with Crippen molar-refractivity contribution >= 4 is 0 Å². The summed E-state index contributed by atoms with van der Waals surface area (Å²) in [5, 5.41) is 3.57. The highest BCUT2D eigenvalue weighted by Gasteiger charge is 2.07. The van der Waals surface area contributed by atoms with Crippen molar-refractivity contribution in [2.45, 2.75) is 39.3 Å². The van der Waals surface area contributed by atoms with Crippen molar-refractivity contribution in [3.63, 3.8) is 0 Å². The lowest BCUT2D eigenvalue weighted by Gasteiger charge is -2.17. The second-order valence-corrected chi connectivity index (χ2v) is 5.26. The Morgan fingerprint density at radius 2 is 1.67 bits per heavy atom. The number of nitrogens with one attached hydrogen (secondary N) is 1. The zero-order valence-corrected chi connectivity index (χ0v) is 13.0. The molecule has 0 fully saturated rings. The molecule has 112 valence electrons. The summed E-state index contributed by atoms with van der Waals surface area (Å²) in [5.74, 6) is 0.924. The Hall–Kier alpha value is -1.80. The summed E-state index contributed by atoms with van der Waals surface area (Å²) in [6.45, 7) is 6.09. The smallest absolute Gasteiger partial charge is 0.119 e. The van der Waals surface area contributed by atoms with E-state index in [2.05, 4.69) is 55.6 Å². The molecule has 0 aromatic heterocycles. The van der Waals surface area contributed by atoms with Gasteiger partial charge in [0.1, 0.15) is 12.4 Å². The third-order valence-electron chi connectivity index (χ3n) is 3.58. The van der Waals surface area contributed by atoms with E-state index in [1.54, 1.807) is 0 Å². The molecule has 1 unspecified atom stereocenters. The minimum atomic E-state index is 0.438. The van der Waals surface area contributed by atoms with E-state index in [0.29, 0.717) is 12.6 Å². The second-order valence-electron chi connectivity index (χ2n) is 5.26. The highest BCUT2D eigenvalue weighted by molar-refractivity contribution is 5.29. The van der Waals surface area contributed by atoms with Gasteiger partial charge in [0.15, 0.2) is 0 Å². The van der Waals surface area contributed by atoms with Gasteiger partial charge in [-0.3, -0.25) is 0 Å². The summed E-state index contributed by atoms with van der Waals surface area (Å²) < 4.78 is 5.82. The SMILES string of the molecule is CCCNC(CC)c1ccc(OCc2ccccc2)cc1. The maximum atomic E-state index is 5.82. The average Bonchev–Trinajstić information content (AvgIpc) is 2.56. The molecule has 2 heteroatoms. The highest BCUT2D eigenvalue weighted by atomic mass is 16.5. The molecule has 1 N–H and O–H groups in total. The molecule has 2 aromatic rings. The monoisotopic (exact) mass is 283 g/mol. The number of ether oxygens (including phenoxy) is 1. The van der Waals surface area contributed by atoms with Crippen molar-refractivity contribution in [2.24, 2.45) is 0 Å². The first-order chi connectivity index (χ1) is 10.3. The van der Waals surface area contributed by atoms with Crippen molar-refractivity contribution in [2.75, 3.05) is 6.54 Å². The molecule has 0 radical (unpaired) electrons. The highest BCUT2D eigenvalue weighted by Crippen LogP contribution is 2.21. The van der Waals surface area contributed by atoms with E-state index in [9.17, 15) is 0 Å². The number of rotatable bonds is 8. The summed E-state index contributed by atoms with van der Waals surface area (Å²) in [5.41, 5.74) is 2.52. The normalized spacial score (nSPS) is 12.1. The molecule has 21 heavy (non-hydrogen) atoms. The summed E-state index contributed by atoms with van der Waals surface area (Å²) in [7, 11) is 0. The molecule has 0 amide bonds. The fourth-order valence-electron chi connectivity index (χ4n) is 2.35. The molecular weight excluding hydrogens is 258 g/mol. The molecule has 0 heterocycles. The van der Waals surface area contributed by atoms with Gasteiger partial charge in [0.2, 0.25) is 0 Å². The zero-order chi connectivity index (χ0) is 14.9. The van der Waals surface area contributed by atoms with Gasteiger partial charge < -0.3 is 10.1 Å². The van der Waals surface area contributed by atoms with Crippen LogP contribution in [0.1, 0.15) is 43.9 Å². The number of hydrogen-bond donors (Lipinski definition) is 1. The zero-order valence-electron chi connectivity index (χ0n) is 13.0. The Bertz CT molecular complexity index is 507. The van der Waals surface area contributed by atoms with Crippen molar-refractivity contribution < 1.29 is 4.74 Å². The predicted molar refractivity (Wildman–Crippen MR) is 88.5 cm³/mol. The van der Waals surface area contributed by atoms with Crippen molar-refractivity contribution in [3.8, 4) is 5.75 Å². The largest absolute Gasteiger partial charge is 0.489 e. The van der Waals surface area contributed by atoms with Gasteiger partial charge in [-0.15, -0.1) is 0 Å². The van der Waals surface area contributed by atoms with Crippen LogP contribution in [0.15, 0.2) is 54.6 Å². The topological polar surface area (TPSA) is 21.3 Å². The molecule has 2 aromatic carbocycles. The Morgan fingerprint density at radius 3 is 2.29 bits per heavy atom. The van der Waals surface area contributed by atoms with Crippen molar-refractivity contribution in [3.05, 3.63) is 65.7 Å². The fourth-order valence-corrected chi connectivity index (χ4v) is 2.35. The summed E-state index contributed by atoms with van der Waals surface area (Å²) in [4.78, 5) is 0. The van der Waals surface area contributed by atoms with E-state index in [4.69, 9.17) is 4.74 Å². The van der Waals surface area contributed by atoms with Crippen LogP contribution in [0.4, 0.5) is 0 Å². The van der Waals surface area contributed by atoms with Crippen molar-refractivity contribution in [1.29, 1.82) is 0 Å². The van der Waals surface area contributed by atoms with Gasteiger partial charge in [0.05, 0.1) is 0 Å². The van der Waals surface area contributed by atoms with Gasteiger partial charge in [0, 0.05) is 6.04 Å². The third-order valence-corrected chi connectivity index (χ3v) is 3.58. The van der Waals surface area contributed by atoms with Crippen LogP contribution < -0.4 is 10.1 Å². The maximum absolute atomic E-state index is 5.82. The van der Waals surface area contributed by atoms with E-state index in [-0.39, 0.29) is 0 Å². The van der Waals surface area contributed by atoms with Gasteiger partial charge >= 0.3 is 0 Å². The molecule has 0 bridgehead atoms. The first-order valence-corrected chi connectivity index (χ1v) is 7.83. The van der Waals surface area contributed by atoms with E-state index in [1.807, 2.05) is 18.2 Å². The summed E-state index contributed by atoms with van der Waals surface area (Å²) in [6.07, 6.45) is 2.26. The molecule has 0 saturated heterocycles. The average molecular weight is 283 g/mol. The van der Waals surface area contributed by atoms with Gasteiger partial charge in [-0.1, -0.05) is 56.3 Å². The number of hydrogen-bond acceptors (Lipinski definition) is 2. The van der Waals surface area contributed by atoms with Crippen LogP contribution in [0.2, 0.25) is 0 Å². The molecule has 0 spiro atoms. The molecule has 0 aliphatic heterocycles. The van der Waals surface area contributed by atoms with E-state index in [0.717, 1.165) is 25.1 Å². The first kappa shape index (κ1) is 15.6. The molecular formula is C19H25NO. The van der Waals surface area contributed by atoms with Gasteiger partial charge in [-0.05, 0) is 42.6 Å². The van der Waals surface area contributed by atoms with Crippen LogP contribution in [0.25, 0.3) is 0 Å². The molecule has 1 atom stereocenters. The van der Waals surface area contributed by atoms with Gasteiger partial charge in [-0.2, -0.15) is 0 Å². The standard InChI is InChI=1S/C19H25NO/c1-3-14-20-19(4-2)17-10-12-18(13-11-17)21-15-16-8-6-5-7-9-16/h5-13,19-20H,3-4,14-15H2,1-2H3. The maximum Gasteiger partial charge on any atom is 0.119 e. The molecule has 2 nitrogen and oxygen atoms in total. The predicted octanol–water partition coefficient (Wildman–Crippen LogP) is 4.72. The van der Waals surface area contributed by atoms with Crippen LogP contribution in [-0.4, -0.2) is 6.54 Å². The summed E-state index contributed by atoms with van der Waals surface area (Å²) >= 11 is 0. The van der Waals surface area contributed by atoms with Crippen LogP contribution in [0.5, 0.6) is 5.75 Å². The van der Waals surface area contributed by atoms with E-state index in [1.165, 1.54) is 11.1 Å². The van der Waals surface area contributed by atoms with E-state index >= 15 is 0 Å². The molecule has 0 aliphatic rings. The van der Waals surface area contributed by atoms with Crippen LogP contribution in [0.3, 0.4) is 0 Å². The quantitative estimate of drug-likeness (QED) is 0.757.